The number of nitrogens with zero attached hydrogens (tertiary/aromatic N) is 4. The summed E-state index contributed by atoms with van der Waals surface area (Å²) in [7, 11) is 0. The minimum absolute atomic E-state index is 0.193. The van der Waals surface area contributed by atoms with Gasteiger partial charge in [-0.2, -0.15) is 5.26 Å². The Morgan fingerprint density at radius 1 is 0.842 bits per heavy atom. The summed E-state index contributed by atoms with van der Waals surface area (Å²) in [5.41, 5.74) is 7.15. The molecule has 1 aliphatic rings. The second-order valence-corrected chi connectivity index (χ2v) is 10.1. The average molecular weight is 502 g/mol. The lowest BCUT2D eigenvalue weighted by molar-refractivity contribution is 0.170. The van der Waals surface area contributed by atoms with Crippen LogP contribution in [0.25, 0.3) is 0 Å². The van der Waals surface area contributed by atoms with Crippen molar-refractivity contribution in [1.29, 1.82) is 5.26 Å². The smallest absolute Gasteiger partial charge is 0.0840 e. The predicted octanol–water partition coefficient (Wildman–Crippen LogP) is 6.34. The molecule has 0 amide bonds. The Kier molecular flexibility index (Phi) is 8.89. The summed E-state index contributed by atoms with van der Waals surface area (Å²) in [6.07, 6.45) is 8.24. The van der Waals surface area contributed by atoms with Crippen LogP contribution in [0.4, 0.5) is 0 Å². The van der Waals surface area contributed by atoms with Gasteiger partial charge in [-0.15, -0.1) is 0 Å². The molecular weight excluding hydrogens is 466 g/mol. The number of fused-ring (bicyclic) bond motifs is 1. The summed E-state index contributed by atoms with van der Waals surface area (Å²) in [5, 5.41) is 13.6. The molecule has 0 fully saturated rings. The summed E-state index contributed by atoms with van der Waals surface area (Å²) in [6, 6.07) is 32.1. The van der Waals surface area contributed by atoms with Crippen LogP contribution in [0, 0.1) is 11.3 Å². The van der Waals surface area contributed by atoms with Crippen LogP contribution in [0.2, 0.25) is 0 Å². The van der Waals surface area contributed by atoms with Crippen LogP contribution < -0.4 is 5.32 Å². The third-order valence-corrected chi connectivity index (χ3v) is 7.40. The molecule has 2 aromatic heterocycles. The van der Waals surface area contributed by atoms with Crippen LogP contribution in [-0.4, -0.2) is 21.4 Å². The minimum Gasteiger partial charge on any atom is -0.307 e. The summed E-state index contributed by atoms with van der Waals surface area (Å²) in [5.74, 6) is -0.193. The maximum atomic E-state index is 10.1. The average Bonchev–Trinajstić information content (AvgIpc) is 3.20. The van der Waals surface area contributed by atoms with E-state index in [1.165, 1.54) is 35.2 Å². The second-order valence-electron chi connectivity index (χ2n) is 10.1. The third-order valence-electron chi connectivity index (χ3n) is 7.40. The molecule has 0 aliphatic heterocycles. The first-order chi connectivity index (χ1) is 18.8. The quantitative estimate of drug-likeness (QED) is 0.257. The largest absolute Gasteiger partial charge is 0.307 e. The highest BCUT2D eigenvalue weighted by molar-refractivity contribution is 5.29. The minimum atomic E-state index is -0.193. The van der Waals surface area contributed by atoms with Gasteiger partial charge in [0.25, 0.3) is 0 Å². The molecule has 4 aromatic rings. The van der Waals surface area contributed by atoms with Crippen molar-refractivity contribution >= 4 is 0 Å². The van der Waals surface area contributed by atoms with Crippen molar-refractivity contribution in [3.8, 4) is 6.07 Å². The Bertz CT molecular complexity index is 1320. The summed E-state index contributed by atoms with van der Waals surface area (Å²) in [4.78, 5) is 11.7. The molecule has 0 spiro atoms. The Morgan fingerprint density at radius 2 is 1.63 bits per heavy atom. The van der Waals surface area contributed by atoms with E-state index >= 15 is 0 Å². The van der Waals surface area contributed by atoms with Crippen molar-refractivity contribution in [2.75, 3.05) is 6.54 Å². The maximum Gasteiger partial charge on any atom is 0.0840 e. The maximum absolute atomic E-state index is 10.1. The van der Waals surface area contributed by atoms with Crippen molar-refractivity contribution in [3.63, 3.8) is 0 Å². The number of pyridine rings is 2. The number of hydrogen-bond donors (Lipinski definition) is 1. The van der Waals surface area contributed by atoms with Crippen molar-refractivity contribution in [2.24, 2.45) is 0 Å². The molecule has 0 saturated heterocycles. The van der Waals surface area contributed by atoms with Gasteiger partial charge in [0.05, 0.1) is 29.4 Å². The molecule has 0 bridgehead atoms. The molecule has 0 saturated carbocycles. The van der Waals surface area contributed by atoms with Gasteiger partial charge in [-0.1, -0.05) is 73.2 Å². The summed E-state index contributed by atoms with van der Waals surface area (Å²) >= 11 is 0. The van der Waals surface area contributed by atoms with E-state index < -0.39 is 0 Å². The van der Waals surface area contributed by atoms with E-state index in [-0.39, 0.29) is 12.0 Å². The van der Waals surface area contributed by atoms with Crippen LogP contribution >= 0.6 is 0 Å². The topological polar surface area (TPSA) is 64.8 Å². The van der Waals surface area contributed by atoms with Gasteiger partial charge in [0.2, 0.25) is 0 Å². The van der Waals surface area contributed by atoms with Gasteiger partial charge in [-0.05, 0) is 59.7 Å². The third kappa shape index (κ3) is 6.72. The molecule has 1 aliphatic carbocycles. The Balaban J connectivity index is 1.33. The first-order valence-corrected chi connectivity index (χ1v) is 13.6. The molecule has 1 N–H and O–H groups in total. The van der Waals surface area contributed by atoms with Gasteiger partial charge in [0.15, 0.2) is 0 Å². The molecule has 2 heterocycles. The fourth-order valence-corrected chi connectivity index (χ4v) is 5.38. The highest BCUT2D eigenvalue weighted by Gasteiger charge is 2.28. The fourth-order valence-electron chi connectivity index (χ4n) is 5.38. The number of hydrogen-bond acceptors (Lipinski definition) is 5. The monoisotopic (exact) mass is 501 g/mol. The fraction of sp³-hybridized carbons (Fsp3) is 0.303. The van der Waals surface area contributed by atoms with Crippen LogP contribution in [0.1, 0.15) is 64.9 Å². The second kappa shape index (κ2) is 13.1. The normalized spacial score (nSPS) is 15.8. The Morgan fingerprint density at radius 3 is 2.42 bits per heavy atom. The highest BCUT2D eigenvalue weighted by Crippen LogP contribution is 2.34. The van der Waals surface area contributed by atoms with Crippen molar-refractivity contribution in [3.05, 3.63) is 131 Å². The molecule has 38 heavy (non-hydrogen) atoms. The number of nitrogens with one attached hydrogen (secondary N) is 1. The van der Waals surface area contributed by atoms with E-state index in [1.54, 1.807) is 0 Å². The standard InChI is InChI=1S/C33H35N5/c34-21-30(28-9-2-1-3-10-28)25-38(32-14-5-4-11-29-12-8-20-37-33(29)32)24-27-17-15-26(16-18-27)22-35-23-31-13-6-7-19-36-31/h1-3,6-10,12-13,15-20,30,32,35H,4-5,11,14,22-25H2. The highest BCUT2D eigenvalue weighted by atomic mass is 15.2. The predicted molar refractivity (Wildman–Crippen MR) is 151 cm³/mol. The molecule has 0 radical (unpaired) electrons. The number of aryl methyl sites for hydroxylation is 1. The van der Waals surface area contributed by atoms with Gasteiger partial charge >= 0.3 is 0 Å². The first-order valence-electron chi connectivity index (χ1n) is 13.6. The lowest BCUT2D eigenvalue weighted by atomic mass is 9.96. The molecule has 2 unspecified atom stereocenters. The van der Waals surface area contributed by atoms with Crippen molar-refractivity contribution < 1.29 is 0 Å². The number of nitriles is 1. The molecule has 2 aromatic carbocycles. The van der Waals surface area contributed by atoms with E-state index in [0.29, 0.717) is 6.54 Å². The molecule has 5 rings (SSSR count). The van der Waals surface area contributed by atoms with E-state index in [4.69, 9.17) is 4.98 Å². The molecule has 5 heteroatoms. The zero-order valence-electron chi connectivity index (χ0n) is 21.8. The van der Waals surface area contributed by atoms with Crippen molar-refractivity contribution in [2.45, 2.75) is 57.3 Å². The van der Waals surface area contributed by atoms with E-state index in [2.05, 4.69) is 63.7 Å². The van der Waals surface area contributed by atoms with Crippen LogP contribution in [0.3, 0.4) is 0 Å². The Labute approximate surface area is 226 Å². The first kappa shape index (κ1) is 25.8. The molecule has 5 nitrogen and oxygen atoms in total. The molecule has 192 valence electrons. The van der Waals surface area contributed by atoms with Gasteiger partial charge in [-0.3, -0.25) is 14.9 Å². The lowest BCUT2D eigenvalue weighted by Gasteiger charge is -2.33. The Hall–Kier alpha value is -3.85. The van der Waals surface area contributed by atoms with Gasteiger partial charge in [-0.25, -0.2) is 0 Å². The zero-order valence-corrected chi connectivity index (χ0v) is 21.8. The zero-order chi connectivity index (χ0) is 26.0. The van der Waals surface area contributed by atoms with Gasteiger partial charge in [0, 0.05) is 38.6 Å². The SMILES string of the molecule is N#CC(CN(Cc1ccc(CNCc2ccccn2)cc1)C1CCCCc2cccnc21)c1ccccc1. The van der Waals surface area contributed by atoms with E-state index in [9.17, 15) is 5.26 Å². The summed E-state index contributed by atoms with van der Waals surface area (Å²) < 4.78 is 0. The van der Waals surface area contributed by atoms with Crippen molar-refractivity contribution in [1.82, 2.24) is 20.2 Å². The van der Waals surface area contributed by atoms with Crippen LogP contribution in [-0.2, 0) is 26.1 Å². The number of rotatable bonds is 10. The lowest BCUT2D eigenvalue weighted by Crippen LogP contribution is -2.33. The summed E-state index contributed by atoms with van der Waals surface area (Å²) in [6.45, 7) is 3.01. The van der Waals surface area contributed by atoms with E-state index in [0.717, 1.165) is 43.7 Å². The van der Waals surface area contributed by atoms with Crippen LogP contribution in [0.15, 0.2) is 97.3 Å². The van der Waals surface area contributed by atoms with E-state index in [1.807, 2.05) is 54.9 Å². The van der Waals surface area contributed by atoms with Gasteiger partial charge < -0.3 is 5.32 Å². The molecule has 2 atom stereocenters. The number of aromatic nitrogens is 2. The van der Waals surface area contributed by atoms with Crippen LogP contribution in [0.5, 0.6) is 0 Å². The number of benzene rings is 2. The molecular formula is C33H35N5. The van der Waals surface area contributed by atoms with Gasteiger partial charge in [0.1, 0.15) is 0 Å².